The molecule has 40 heavy (non-hydrogen) atoms. The zero-order valence-electron chi connectivity index (χ0n) is 21.9. The Bertz CT molecular complexity index is 1620. The van der Waals surface area contributed by atoms with Gasteiger partial charge in [-0.05, 0) is 75.2 Å². The molecule has 0 fully saturated rings. The van der Waals surface area contributed by atoms with E-state index in [0.29, 0.717) is 0 Å². The number of ketones is 2. The molecule has 0 aromatic heterocycles. The minimum absolute atomic E-state index is 0.0104. The van der Waals surface area contributed by atoms with Crippen LogP contribution in [-0.4, -0.2) is 52.4 Å². The molecule has 0 saturated carbocycles. The SMILES string of the molecule is Cc1cc(O)c(C(=O)c2c(O)ccc(O)c2C)c(O)c1-c1c(C)cc(O)c(C(=O)c2c(O)ccc(O)c2C)c1O. The maximum absolute atomic E-state index is 13.5. The van der Waals surface area contributed by atoms with Crippen LogP contribution in [0.1, 0.15) is 54.1 Å². The first-order chi connectivity index (χ1) is 18.7. The molecule has 8 N–H and O–H groups in total. The molecular weight excluding hydrogens is 520 g/mol. The second-order valence-electron chi connectivity index (χ2n) is 9.49. The molecule has 10 nitrogen and oxygen atoms in total. The summed E-state index contributed by atoms with van der Waals surface area (Å²) in [5, 5.41) is 84.7. The first kappa shape index (κ1) is 27.6. The molecule has 206 valence electrons. The number of aryl methyl sites for hydroxylation is 2. The van der Waals surface area contributed by atoms with Crippen molar-refractivity contribution in [2.24, 2.45) is 0 Å². The molecule has 0 aliphatic carbocycles. The molecule has 4 aromatic rings. The van der Waals surface area contributed by atoms with Crippen molar-refractivity contribution >= 4 is 11.6 Å². The lowest BCUT2D eigenvalue weighted by Crippen LogP contribution is -2.08. The summed E-state index contributed by atoms with van der Waals surface area (Å²) in [7, 11) is 0. The van der Waals surface area contributed by atoms with Gasteiger partial charge >= 0.3 is 0 Å². The quantitative estimate of drug-likeness (QED) is 0.128. The summed E-state index contributed by atoms with van der Waals surface area (Å²) < 4.78 is 0. The number of rotatable bonds is 5. The third-order valence-electron chi connectivity index (χ3n) is 6.94. The fraction of sp³-hybridized carbons (Fsp3) is 0.133. The normalized spacial score (nSPS) is 11.0. The van der Waals surface area contributed by atoms with E-state index < -0.39 is 57.2 Å². The van der Waals surface area contributed by atoms with E-state index in [4.69, 9.17) is 0 Å². The van der Waals surface area contributed by atoms with Gasteiger partial charge in [-0.2, -0.15) is 0 Å². The van der Waals surface area contributed by atoms with Gasteiger partial charge < -0.3 is 40.9 Å². The number of carbonyl (C=O) groups excluding carboxylic acids is 2. The predicted molar refractivity (Wildman–Crippen MR) is 144 cm³/mol. The van der Waals surface area contributed by atoms with Gasteiger partial charge in [0.1, 0.15) is 57.1 Å². The molecule has 0 heterocycles. The molecular formula is C30H26O10. The second-order valence-corrected chi connectivity index (χ2v) is 9.49. The Kier molecular flexibility index (Phi) is 6.73. The van der Waals surface area contributed by atoms with Crippen molar-refractivity contribution in [3.8, 4) is 57.1 Å². The monoisotopic (exact) mass is 546 g/mol. The first-order valence-corrected chi connectivity index (χ1v) is 11.9. The topological polar surface area (TPSA) is 196 Å². The third-order valence-corrected chi connectivity index (χ3v) is 6.94. The van der Waals surface area contributed by atoms with Gasteiger partial charge in [-0.25, -0.2) is 0 Å². The number of phenols is 8. The fourth-order valence-corrected chi connectivity index (χ4v) is 4.84. The van der Waals surface area contributed by atoms with Gasteiger partial charge in [-0.3, -0.25) is 9.59 Å². The maximum atomic E-state index is 13.5. The predicted octanol–water partition coefficient (Wildman–Crippen LogP) is 4.69. The van der Waals surface area contributed by atoms with Crippen molar-refractivity contribution in [1.29, 1.82) is 0 Å². The second kappa shape index (κ2) is 9.73. The van der Waals surface area contributed by atoms with Crippen LogP contribution in [0, 0.1) is 27.7 Å². The number of phenolic OH excluding ortho intramolecular Hbond substituents is 8. The summed E-state index contributed by atoms with van der Waals surface area (Å²) in [5.74, 6) is -6.63. The summed E-state index contributed by atoms with van der Waals surface area (Å²) in [6.07, 6.45) is 0. The lowest BCUT2D eigenvalue weighted by atomic mass is 9.86. The zero-order valence-corrected chi connectivity index (χ0v) is 21.9. The number of hydrogen-bond acceptors (Lipinski definition) is 10. The van der Waals surface area contributed by atoms with E-state index in [1.165, 1.54) is 39.8 Å². The van der Waals surface area contributed by atoms with Crippen LogP contribution in [0.3, 0.4) is 0 Å². The van der Waals surface area contributed by atoms with Crippen LogP contribution >= 0.6 is 0 Å². The standard InChI is InChI=1S/C30H26O10/c1-11-9-19(35)25(29(39)23-13(3)15(31)5-7-17(23)33)27(37)21(11)22-12(2)10-20(36)26(28(22)38)30(40)24-14(4)16(32)6-8-18(24)34/h5-10,31-38H,1-4H3. The highest BCUT2D eigenvalue weighted by Gasteiger charge is 2.32. The van der Waals surface area contributed by atoms with Gasteiger partial charge in [0.15, 0.2) is 0 Å². The molecule has 4 aromatic carbocycles. The average Bonchev–Trinajstić information content (AvgIpc) is 2.85. The Morgan fingerprint density at radius 3 is 1.07 bits per heavy atom. The van der Waals surface area contributed by atoms with E-state index in [9.17, 15) is 50.4 Å². The molecule has 0 spiro atoms. The molecule has 4 rings (SSSR count). The highest BCUT2D eigenvalue weighted by molar-refractivity contribution is 6.18. The average molecular weight is 547 g/mol. The Hall–Kier alpha value is -5.38. The van der Waals surface area contributed by atoms with Crippen LogP contribution in [0.25, 0.3) is 11.1 Å². The molecule has 0 atom stereocenters. The van der Waals surface area contributed by atoms with Crippen molar-refractivity contribution in [3.05, 3.63) is 80.9 Å². The number of hydrogen-bond donors (Lipinski definition) is 8. The van der Waals surface area contributed by atoms with Gasteiger partial charge in [-0.1, -0.05) is 0 Å². The van der Waals surface area contributed by atoms with Crippen LogP contribution in [0.5, 0.6) is 46.0 Å². The minimum atomic E-state index is -1.03. The number of benzene rings is 4. The number of carbonyl (C=O) groups is 2. The molecule has 0 aliphatic heterocycles. The van der Waals surface area contributed by atoms with E-state index in [0.717, 1.165) is 24.3 Å². The van der Waals surface area contributed by atoms with Crippen molar-refractivity contribution < 1.29 is 50.4 Å². The van der Waals surface area contributed by atoms with E-state index in [1.807, 2.05) is 0 Å². The van der Waals surface area contributed by atoms with E-state index >= 15 is 0 Å². The molecule has 0 amide bonds. The van der Waals surface area contributed by atoms with Crippen LogP contribution in [0.15, 0.2) is 36.4 Å². The summed E-state index contributed by atoms with van der Waals surface area (Å²) in [6.45, 7) is 5.63. The molecule has 0 saturated heterocycles. The lowest BCUT2D eigenvalue weighted by molar-refractivity contribution is 0.102. The smallest absolute Gasteiger partial charge is 0.204 e. The summed E-state index contributed by atoms with van der Waals surface area (Å²) >= 11 is 0. The van der Waals surface area contributed by atoms with Gasteiger partial charge in [0.05, 0.1) is 11.1 Å². The van der Waals surface area contributed by atoms with Gasteiger partial charge in [0.2, 0.25) is 11.6 Å². The Morgan fingerprint density at radius 1 is 0.450 bits per heavy atom. The van der Waals surface area contributed by atoms with Crippen LogP contribution < -0.4 is 0 Å². The maximum Gasteiger partial charge on any atom is 0.204 e. The van der Waals surface area contributed by atoms with Gasteiger partial charge in [0.25, 0.3) is 0 Å². The summed E-state index contributed by atoms with van der Waals surface area (Å²) in [6, 6.07) is 6.76. The molecule has 0 bridgehead atoms. The third kappa shape index (κ3) is 4.15. The largest absolute Gasteiger partial charge is 0.508 e. The molecule has 10 heteroatoms. The van der Waals surface area contributed by atoms with Crippen molar-refractivity contribution in [3.63, 3.8) is 0 Å². The van der Waals surface area contributed by atoms with Crippen molar-refractivity contribution in [2.75, 3.05) is 0 Å². The lowest BCUT2D eigenvalue weighted by Gasteiger charge is -2.20. The molecule has 0 aliphatic rings. The Labute approximate surface area is 227 Å². The minimum Gasteiger partial charge on any atom is -0.508 e. The van der Waals surface area contributed by atoms with E-state index in [-0.39, 0.29) is 56.0 Å². The number of aromatic hydroxyl groups is 8. The van der Waals surface area contributed by atoms with Gasteiger partial charge in [-0.15, -0.1) is 0 Å². The van der Waals surface area contributed by atoms with E-state index in [1.54, 1.807) is 0 Å². The van der Waals surface area contributed by atoms with Crippen LogP contribution in [0.2, 0.25) is 0 Å². The van der Waals surface area contributed by atoms with Crippen molar-refractivity contribution in [1.82, 2.24) is 0 Å². The van der Waals surface area contributed by atoms with Crippen LogP contribution in [-0.2, 0) is 0 Å². The first-order valence-electron chi connectivity index (χ1n) is 11.9. The van der Waals surface area contributed by atoms with Crippen LogP contribution in [0.4, 0.5) is 0 Å². The molecule has 0 unspecified atom stereocenters. The van der Waals surface area contributed by atoms with Gasteiger partial charge in [0, 0.05) is 22.3 Å². The van der Waals surface area contributed by atoms with Crippen molar-refractivity contribution in [2.45, 2.75) is 27.7 Å². The fourth-order valence-electron chi connectivity index (χ4n) is 4.84. The summed E-state index contributed by atoms with van der Waals surface area (Å²) in [4.78, 5) is 26.9. The Morgan fingerprint density at radius 2 is 0.750 bits per heavy atom. The highest BCUT2D eigenvalue weighted by atomic mass is 16.3. The molecule has 0 radical (unpaired) electrons. The Balaban J connectivity index is 2.02. The van der Waals surface area contributed by atoms with E-state index in [2.05, 4.69) is 0 Å². The zero-order chi connectivity index (χ0) is 29.8. The highest BCUT2D eigenvalue weighted by Crippen LogP contribution is 2.49. The summed E-state index contributed by atoms with van der Waals surface area (Å²) in [5.41, 5.74) is -2.07.